The molecule has 5 heterocycles. The Morgan fingerprint density at radius 1 is 1.02 bits per heavy atom. The van der Waals surface area contributed by atoms with Crippen molar-refractivity contribution in [1.29, 1.82) is 0 Å². The van der Waals surface area contributed by atoms with Gasteiger partial charge < -0.3 is 24.3 Å². The molecule has 1 N–H and O–H groups in total. The summed E-state index contributed by atoms with van der Waals surface area (Å²) in [5, 5.41) is 8.77. The van der Waals surface area contributed by atoms with Gasteiger partial charge in [-0.05, 0) is 45.6 Å². The number of hydrogen-bond donors (Lipinski definition) is 1. The first-order valence-electron chi connectivity index (χ1n) is 14.7. The first-order chi connectivity index (χ1) is 20.2. The average Bonchev–Trinajstić information content (AvgIpc) is 3.88. The van der Waals surface area contributed by atoms with E-state index in [2.05, 4.69) is 20.3 Å². The summed E-state index contributed by atoms with van der Waals surface area (Å²) in [7, 11) is -1.19. The van der Waals surface area contributed by atoms with E-state index in [4.69, 9.17) is 4.98 Å². The SMILES string of the molecule is CCn1nc(Nc2nc3c(cc(C(=O)N(C4CC4)C4CC4)n3CC)c3c2ncn3C)cc1C(=O)N1CCS(=O)(=O)CC1. The van der Waals surface area contributed by atoms with Gasteiger partial charge >= 0.3 is 0 Å². The number of aromatic nitrogens is 6. The van der Waals surface area contributed by atoms with Crippen LogP contribution in [0.5, 0.6) is 0 Å². The molecule has 42 heavy (non-hydrogen) atoms. The van der Waals surface area contributed by atoms with Crippen LogP contribution in [0.2, 0.25) is 0 Å². The molecule has 13 nitrogen and oxygen atoms in total. The molecule has 3 fully saturated rings. The molecule has 0 spiro atoms. The summed E-state index contributed by atoms with van der Waals surface area (Å²) in [5.74, 6) is 0.661. The van der Waals surface area contributed by atoms with Crippen molar-refractivity contribution in [2.24, 2.45) is 7.05 Å². The van der Waals surface area contributed by atoms with Crippen molar-refractivity contribution in [1.82, 2.24) is 38.7 Å². The largest absolute Gasteiger partial charge is 0.335 e. The maximum absolute atomic E-state index is 13.9. The molecule has 0 radical (unpaired) electrons. The molecule has 7 rings (SSSR count). The summed E-state index contributed by atoms with van der Waals surface area (Å²) in [5.41, 5.74) is 3.20. The lowest BCUT2D eigenvalue weighted by atomic mass is 10.2. The van der Waals surface area contributed by atoms with Crippen LogP contribution in [0.3, 0.4) is 0 Å². The quantitative estimate of drug-likeness (QED) is 0.329. The first-order valence-corrected chi connectivity index (χ1v) is 16.5. The Labute approximate surface area is 243 Å². The molecule has 1 saturated heterocycles. The Hall–Kier alpha value is -3.94. The predicted molar refractivity (Wildman–Crippen MR) is 158 cm³/mol. The number of aryl methyl sites for hydroxylation is 3. The number of nitrogens with zero attached hydrogens (tertiary/aromatic N) is 8. The van der Waals surface area contributed by atoms with Crippen molar-refractivity contribution in [2.75, 3.05) is 29.9 Å². The topological polar surface area (TPSA) is 140 Å². The van der Waals surface area contributed by atoms with Crippen molar-refractivity contribution in [3.8, 4) is 0 Å². The smallest absolute Gasteiger partial charge is 0.272 e. The highest BCUT2D eigenvalue weighted by molar-refractivity contribution is 7.91. The van der Waals surface area contributed by atoms with Gasteiger partial charge in [0.05, 0.1) is 23.3 Å². The van der Waals surface area contributed by atoms with Crippen molar-refractivity contribution in [3.05, 3.63) is 29.8 Å². The second-order valence-electron chi connectivity index (χ2n) is 11.5. The number of nitrogens with one attached hydrogen (secondary N) is 1. The lowest BCUT2D eigenvalue weighted by Crippen LogP contribution is -2.44. The van der Waals surface area contributed by atoms with Crippen molar-refractivity contribution in [2.45, 2.75) is 64.7 Å². The summed E-state index contributed by atoms with van der Waals surface area (Å²) >= 11 is 0. The average molecular weight is 594 g/mol. The van der Waals surface area contributed by atoms with Gasteiger partial charge in [0.25, 0.3) is 11.8 Å². The Kier molecular flexibility index (Phi) is 6.29. The molecule has 0 aromatic carbocycles. The zero-order chi connectivity index (χ0) is 29.3. The Balaban J connectivity index is 1.26. The van der Waals surface area contributed by atoms with Gasteiger partial charge in [-0.15, -0.1) is 0 Å². The lowest BCUT2D eigenvalue weighted by Gasteiger charge is -2.26. The maximum atomic E-state index is 13.9. The van der Waals surface area contributed by atoms with Crippen LogP contribution in [-0.4, -0.2) is 95.6 Å². The van der Waals surface area contributed by atoms with Crippen LogP contribution in [0.4, 0.5) is 11.6 Å². The summed E-state index contributed by atoms with van der Waals surface area (Å²) in [4.78, 5) is 40.4. The molecule has 222 valence electrons. The predicted octanol–water partition coefficient (Wildman–Crippen LogP) is 2.54. The van der Waals surface area contributed by atoms with E-state index in [9.17, 15) is 18.0 Å². The minimum absolute atomic E-state index is 0.0354. The standard InChI is InChI=1S/C28H35N9O4S/c1-4-35-20(28(39)37(17-6-7-17)18-8-9-18)14-19-24-23(29-16-33(24)3)25(31-26(19)35)30-22-15-21(36(5-2)32-22)27(38)34-10-12-42(40,41)13-11-34/h14-18H,4-13H2,1-3H3,(H,30,31,32). The van der Waals surface area contributed by atoms with Gasteiger partial charge in [0.1, 0.15) is 22.6 Å². The van der Waals surface area contributed by atoms with Gasteiger partial charge in [-0.1, -0.05) is 0 Å². The summed E-state index contributed by atoms with van der Waals surface area (Å²) in [6, 6.07) is 4.32. The van der Waals surface area contributed by atoms with Crippen LogP contribution in [-0.2, 0) is 30.0 Å². The molecule has 0 bridgehead atoms. The molecule has 4 aromatic heterocycles. The highest BCUT2D eigenvalue weighted by Gasteiger charge is 2.43. The van der Waals surface area contributed by atoms with Crippen LogP contribution in [0.15, 0.2) is 18.5 Å². The summed E-state index contributed by atoms with van der Waals surface area (Å²) in [6.07, 6.45) is 6.00. The monoisotopic (exact) mass is 593 g/mol. The molecule has 0 atom stereocenters. The van der Waals surface area contributed by atoms with Crippen LogP contribution < -0.4 is 5.32 Å². The number of carbonyl (C=O) groups excluding carboxylic acids is 2. The Morgan fingerprint density at radius 2 is 1.71 bits per heavy atom. The minimum Gasteiger partial charge on any atom is -0.335 e. The molecular formula is C28H35N9O4S. The number of imidazole rings is 1. The van der Waals surface area contributed by atoms with E-state index < -0.39 is 9.84 Å². The van der Waals surface area contributed by atoms with Crippen molar-refractivity contribution < 1.29 is 18.0 Å². The number of rotatable bonds is 8. The third-order valence-electron chi connectivity index (χ3n) is 8.53. The van der Waals surface area contributed by atoms with Crippen molar-refractivity contribution in [3.63, 3.8) is 0 Å². The van der Waals surface area contributed by atoms with Crippen LogP contribution in [0, 0.1) is 0 Å². The highest BCUT2D eigenvalue weighted by Crippen LogP contribution is 2.39. The molecule has 4 aromatic rings. The zero-order valence-corrected chi connectivity index (χ0v) is 24.9. The Morgan fingerprint density at radius 3 is 2.33 bits per heavy atom. The number of amides is 2. The molecule has 1 aliphatic heterocycles. The molecule has 0 unspecified atom stereocenters. The van der Waals surface area contributed by atoms with Gasteiger partial charge in [-0.25, -0.2) is 18.4 Å². The summed E-state index contributed by atoms with van der Waals surface area (Å²) in [6.45, 7) is 5.29. The highest BCUT2D eigenvalue weighted by atomic mass is 32.2. The van der Waals surface area contributed by atoms with Gasteiger partial charge in [0.15, 0.2) is 21.5 Å². The van der Waals surface area contributed by atoms with Gasteiger partial charge in [0, 0.05) is 56.8 Å². The molecular weight excluding hydrogens is 558 g/mol. The molecule has 14 heteroatoms. The lowest BCUT2D eigenvalue weighted by molar-refractivity contribution is 0.0717. The number of fused-ring (bicyclic) bond motifs is 3. The number of sulfone groups is 1. The van der Waals surface area contributed by atoms with E-state index in [0.717, 1.165) is 36.6 Å². The van der Waals surface area contributed by atoms with E-state index in [1.807, 2.05) is 36.1 Å². The van der Waals surface area contributed by atoms with Crippen LogP contribution in [0.1, 0.15) is 60.5 Å². The van der Waals surface area contributed by atoms with E-state index in [0.29, 0.717) is 59.4 Å². The fraction of sp³-hybridized carbons (Fsp3) is 0.536. The molecule has 2 aliphatic carbocycles. The maximum Gasteiger partial charge on any atom is 0.272 e. The van der Waals surface area contributed by atoms with E-state index in [1.54, 1.807) is 22.0 Å². The number of carbonyl (C=O) groups is 2. The molecule has 2 saturated carbocycles. The number of pyridine rings is 1. The fourth-order valence-electron chi connectivity index (χ4n) is 6.06. The number of anilines is 2. The van der Waals surface area contributed by atoms with E-state index in [1.165, 1.54) is 0 Å². The van der Waals surface area contributed by atoms with E-state index >= 15 is 0 Å². The van der Waals surface area contributed by atoms with Gasteiger partial charge in [-0.2, -0.15) is 5.10 Å². The zero-order valence-electron chi connectivity index (χ0n) is 24.1. The van der Waals surface area contributed by atoms with Gasteiger partial charge in [-0.3, -0.25) is 14.3 Å². The number of hydrogen-bond acceptors (Lipinski definition) is 8. The third-order valence-corrected chi connectivity index (χ3v) is 10.1. The third kappa shape index (κ3) is 4.52. The first kappa shape index (κ1) is 26.9. The van der Waals surface area contributed by atoms with Crippen LogP contribution >= 0.6 is 0 Å². The minimum atomic E-state index is -3.11. The van der Waals surface area contributed by atoms with E-state index in [-0.39, 0.29) is 36.4 Å². The normalized spacial score (nSPS) is 18.6. The molecule has 3 aliphatic rings. The second-order valence-corrected chi connectivity index (χ2v) is 13.8. The van der Waals surface area contributed by atoms with Crippen molar-refractivity contribution >= 4 is 55.4 Å². The Bertz CT molecular complexity index is 1820. The van der Waals surface area contributed by atoms with Crippen LogP contribution in [0.25, 0.3) is 22.1 Å². The second kappa shape index (κ2) is 9.82. The summed E-state index contributed by atoms with van der Waals surface area (Å²) < 4.78 is 29.3. The van der Waals surface area contributed by atoms with Gasteiger partial charge in [0.2, 0.25) is 0 Å². The fourth-order valence-corrected chi connectivity index (χ4v) is 7.26. The molecule has 2 amide bonds.